The van der Waals surface area contributed by atoms with Crippen molar-refractivity contribution in [3.8, 4) is 0 Å². The van der Waals surface area contributed by atoms with Gasteiger partial charge in [-0.3, -0.25) is 0 Å². The van der Waals surface area contributed by atoms with Gasteiger partial charge in [-0.05, 0) is 36.6 Å². The van der Waals surface area contributed by atoms with Gasteiger partial charge in [-0.15, -0.1) is 0 Å². The second kappa shape index (κ2) is 4.92. The van der Waals surface area contributed by atoms with Crippen molar-refractivity contribution >= 4 is 11.4 Å². The van der Waals surface area contributed by atoms with Crippen LogP contribution in [0, 0.1) is 5.82 Å². The van der Waals surface area contributed by atoms with E-state index in [9.17, 15) is 4.39 Å². The number of halogens is 1. The highest BCUT2D eigenvalue weighted by Gasteiger charge is 2.27. The molecule has 0 radical (unpaired) electrons. The zero-order chi connectivity index (χ0) is 13.2. The van der Waals surface area contributed by atoms with Crippen LogP contribution < -0.4 is 10.6 Å². The van der Waals surface area contributed by atoms with E-state index in [2.05, 4.69) is 17.0 Å². The number of anilines is 2. The lowest BCUT2D eigenvalue weighted by Crippen LogP contribution is -2.23. The minimum absolute atomic E-state index is 0.233. The van der Waals surface area contributed by atoms with Crippen LogP contribution in [-0.4, -0.2) is 6.54 Å². The van der Waals surface area contributed by atoms with Crippen molar-refractivity contribution in [2.45, 2.75) is 18.9 Å². The summed E-state index contributed by atoms with van der Waals surface area (Å²) < 4.78 is 13.4. The molecule has 98 valence electrons. The molecule has 0 spiro atoms. The molecule has 0 aromatic heterocycles. The van der Waals surface area contributed by atoms with E-state index >= 15 is 0 Å². The van der Waals surface area contributed by atoms with E-state index < -0.39 is 0 Å². The highest BCUT2D eigenvalue weighted by atomic mass is 19.1. The zero-order valence-corrected chi connectivity index (χ0v) is 10.7. The Kier molecular flexibility index (Phi) is 3.11. The van der Waals surface area contributed by atoms with Crippen molar-refractivity contribution in [3.63, 3.8) is 0 Å². The summed E-state index contributed by atoms with van der Waals surface area (Å²) in [6.07, 6.45) is 2.19. The SMILES string of the molecule is Nc1ccc(F)cc1N1CCCC1c1ccccc1. The van der Waals surface area contributed by atoms with Crippen LogP contribution in [0.25, 0.3) is 0 Å². The van der Waals surface area contributed by atoms with Crippen molar-refractivity contribution in [2.75, 3.05) is 17.2 Å². The molecule has 1 heterocycles. The normalized spacial score (nSPS) is 18.8. The number of hydrogen-bond donors (Lipinski definition) is 1. The molecular weight excluding hydrogens is 239 g/mol. The molecule has 2 N–H and O–H groups in total. The molecule has 1 fully saturated rings. The molecular formula is C16H17FN2. The van der Waals surface area contributed by atoms with E-state index in [-0.39, 0.29) is 5.82 Å². The molecule has 19 heavy (non-hydrogen) atoms. The summed E-state index contributed by atoms with van der Waals surface area (Å²) in [4.78, 5) is 2.22. The van der Waals surface area contributed by atoms with Crippen LogP contribution in [0.1, 0.15) is 24.4 Å². The van der Waals surface area contributed by atoms with Crippen molar-refractivity contribution in [3.05, 3.63) is 59.9 Å². The molecule has 1 aliphatic rings. The Morgan fingerprint density at radius 1 is 1.11 bits per heavy atom. The predicted octanol–water partition coefficient (Wildman–Crippen LogP) is 3.75. The first-order valence-electron chi connectivity index (χ1n) is 6.62. The fourth-order valence-corrected chi connectivity index (χ4v) is 2.84. The molecule has 2 aromatic carbocycles. The quantitative estimate of drug-likeness (QED) is 0.829. The summed E-state index contributed by atoms with van der Waals surface area (Å²) in [5.41, 5.74) is 8.72. The van der Waals surface area contributed by atoms with Gasteiger partial charge in [-0.1, -0.05) is 30.3 Å². The molecule has 3 rings (SSSR count). The highest BCUT2D eigenvalue weighted by Crippen LogP contribution is 2.38. The summed E-state index contributed by atoms with van der Waals surface area (Å²) >= 11 is 0. The van der Waals surface area contributed by atoms with Gasteiger partial charge in [0, 0.05) is 6.54 Å². The number of rotatable bonds is 2. The van der Waals surface area contributed by atoms with Gasteiger partial charge in [0.1, 0.15) is 5.82 Å². The summed E-state index contributed by atoms with van der Waals surface area (Å²) in [6, 6.07) is 15.2. The number of benzene rings is 2. The lowest BCUT2D eigenvalue weighted by Gasteiger charge is -2.28. The molecule has 1 aliphatic heterocycles. The topological polar surface area (TPSA) is 29.3 Å². The van der Waals surface area contributed by atoms with E-state index in [0.717, 1.165) is 25.1 Å². The van der Waals surface area contributed by atoms with Crippen molar-refractivity contribution < 1.29 is 4.39 Å². The Balaban J connectivity index is 1.97. The van der Waals surface area contributed by atoms with E-state index in [1.807, 2.05) is 18.2 Å². The maximum absolute atomic E-state index is 13.4. The average Bonchev–Trinajstić information content (AvgIpc) is 2.91. The van der Waals surface area contributed by atoms with Crippen molar-refractivity contribution in [1.82, 2.24) is 0 Å². The average molecular weight is 256 g/mol. The molecule has 2 nitrogen and oxygen atoms in total. The molecule has 1 unspecified atom stereocenters. The fraction of sp³-hybridized carbons (Fsp3) is 0.250. The monoisotopic (exact) mass is 256 g/mol. The minimum atomic E-state index is -0.233. The molecule has 1 atom stereocenters. The van der Waals surface area contributed by atoms with Crippen molar-refractivity contribution in [2.24, 2.45) is 0 Å². The first-order valence-corrected chi connectivity index (χ1v) is 6.62. The van der Waals surface area contributed by atoms with Crippen LogP contribution in [0.3, 0.4) is 0 Å². The summed E-state index contributed by atoms with van der Waals surface area (Å²) in [5.74, 6) is -0.233. The van der Waals surface area contributed by atoms with Gasteiger partial charge >= 0.3 is 0 Å². The van der Waals surface area contributed by atoms with Crippen LogP contribution >= 0.6 is 0 Å². The highest BCUT2D eigenvalue weighted by molar-refractivity contribution is 5.68. The third-order valence-corrected chi connectivity index (χ3v) is 3.74. The number of nitrogens with zero attached hydrogens (tertiary/aromatic N) is 1. The number of hydrogen-bond acceptors (Lipinski definition) is 2. The Labute approximate surface area is 112 Å². The zero-order valence-electron chi connectivity index (χ0n) is 10.7. The maximum atomic E-state index is 13.4. The van der Waals surface area contributed by atoms with E-state index in [1.165, 1.54) is 17.7 Å². The molecule has 0 amide bonds. The van der Waals surface area contributed by atoms with Crippen LogP contribution in [0.4, 0.5) is 15.8 Å². The van der Waals surface area contributed by atoms with Crippen LogP contribution in [0.15, 0.2) is 48.5 Å². The van der Waals surface area contributed by atoms with Crippen LogP contribution in [-0.2, 0) is 0 Å². The molecule has 1 saturated heterocycles. The maximum Gasteiger partial charge on any atom is 0.125 e. The summed E-state index contributed by atoms with van der Waals surface area (Å²) in [7, 11) is 0. The second-order valence-electron chi connectivity index (χ2n) is 4.97. The van der Waals surface area contributed by atoms with Gasteiger partial charge in [0.2, 0.25) is 0 Å². The molecule has 2 aromatic rings. The first kappa shape index (κ1) is 12.0. The van der Waals surface area contributed by atoms with Crippen LogP contribution in [0.5, 0.6) is 0 Å². The number of nitrogen functional groups attached to an aromatic ring is 1. The minimum Gasteiger partial charge on any atom is -0.397 e. The Hall–Kier alpha value is -2.03. The third-order valence-electron chi connectivity index (χ3n) is 3.74. The summed E-state index contributed by atoms with van der Waals surface area (Å²) in [6.45, 7) is 0.924. The smallest absolute Gasteiger partial charge is 0.125 e. The Morgan fingerprint density at radius 2 is 1.89 bits per heavy atom. The first-order chi connectivity index (χ1) is 9.25. The third kappa shape index (κ3) is 2.28. The number of nitrogens with two attached hydrogens (primary N) is 1. The molecule has 0 aliphatic carbocycles. The van der Waals surface area contributed by atoms with Crippen molar-refractivity contribution in [1.29, 1.82) is 0 Å². The largest absolute Gasteiger partial charge is 0.397 e. The van der Waals surface area contributed by atoms with Gasteiger partial charge in [0.05, 0.1) is 17.4 Å². The van der Waals surface area contributed by atoms with E-state index in [0.29, 0.717) is 11.7 Å². The second-order valence-corrected chi connectivity index (χ2v) is 4.97. The Morgan fingerprint density at radius 3 is 2.68 bits per heavy atom. The standard InChI is InChI=1S/C16H17FN2/c17-13-8-9-14(18)16(11-13)19-10-4-7-15(19)12-5-2-1-3-6-12/h1-3,5-6,8-9,11,15H,4,7,10,18H2. The van der Waals surface area contributed by atoms with E-state index in [1.54, 1.807) is 6.07 Å². The van der Waals surface area contributed by atoms with Gasteiger partial charge < -0.3 is 10.6 Å². The van der Waals surface area contributed by atoms with Gasteiger partial charge in [0.15, 0.2) is 0 Å². The molecule has 3 heteroatoms. The van der Waals surface area contributed by atoms with Gasteiger partial charge in [-0.25, -0.2) is 4.39 Å². The van der Waals surface area contributed by atoms with E-state index in [4.69, 9.17) is 5.73 Å². The van der Waals surface area contributed by atoms with Gasteiger partial charge in [0.25, 0.3) is 0 Å². The Bertz CT molecular complexity index is 568. The lowest BCUT2D eigenvalue weighted by atomic mass is 10.0. The lowest BCUT2D eigenvalue weighted by molar-refractivity contribution is 0.625. The van der Waals surface area contributed by atoms with Gasteiger partial charge in [-0.2, -0.15) is 0 Å². The summed E-state index contributed by atoms with van der Waals surface area (Å²) in [5, 5.41) is 0. The molecule has 0 bridgehead atoms. The fourth-order valence-electron chi connectivity index (χ4n) is 2.84. The predicted molar refractivity (Wildman–Crippen MR) is 76.6 cm³/mol. The molecule has 0 saturated carbocycles. The van der Waals surface area contributed by atoms with Crippen LogP contribution in [0.2, 0.25) is 0 Å².